The summed E-state index contributed by atoms with van der Waals surface area (Å²) < 4.78 is 2.26. The summed E-state index contributed by atoms with van der Waals surface area (Å²) in [5, 5.41) is 0. The number of alkyl halides is 1. The minimum atomic E-state index is 0. The number of halogens is 2. The highest BCUT2D eigenvalue weighted by Crippen LogP contribution is 2.29. The highest BCUT2D eigenvalue weighted by Gasteiger charge is 2.16. The summed E-state index contributed by atoms with van der Waals surface area (Å²) in [5.41, 5.74) is 1.16. The molecule has 1 aliphatic carbocycles. The van der Waals surface area contributed by atoms with E-state index in [0.29, 0.717) is 11.9 Å². The van der Waals surface area contributed by atoms with Crippen LogP contribution >= 0.6 is 24.0 Å². The molecule has 14 heavy (non-hydrogen) atoms. The van der Waals surface area contributed by atoms with E-state index >= 15 is 0 Å². The SMILES string of the molecule is Cl.ClCc1cncn1C1CCCCC1. The second-order valence-corrected chi connectivity index (χ2v) is 3.98. The predicted molar refractivity (Wildman–Crippen MR) is 61.2 cm³/mol. The number of imidazole rings is 1. The molecule has 2 nitrogen and oxygen atoms in total. The van der Waals surface area contributed by atoms with Gasteiger partial charge in [0, 0.05) is 12.2 Å². The molecule has 0 radical (unpaired) electrons. The van der Waals surface area contributed by atoms with Crippen molar-refractivity contribution in [1.29, 1.82) is 0 Å². The lowest BCUT2D eigenvalue weighted by Gasteiger charge is -2.24. The number of nitrogens with zero attached hydrogens (tertiary/aromatic N) is 2. The zero-order valence-electron chi connectivity index (χ0n) is 8.16. The van der Waals surface area contributed by atoms with Gasteiger partial charge in [-0.05, 0) is 12.8 Å². The van der Waals surface area contributed by atoms with Gasteiger partial charge in [-0.15, -0.1) is 24.0 Å². The third-order valence-corrected chi connectivity index (χ3v) is 3.13. The van der Waals surface area contributed by atoms with Crippen LogP contribution in [0.4, 0.5) is 0 Å². The molecule has 0 aliphatic heterocycles. The summed E-state index contributed by atoms with van der Waals surface area (Å²) in [7, 11) is 0. The van der Waals surface area contributed by atoms with Crippen molar-refractivity contribution in [2.24, 2.45) is 0 Å². The summed E-state index contributed by atoms with van der Waals surface area (Å²) in [5.74, 6) is 0.580. The van der Waals surface area contributed by atoms with Crippen molar-refractivity contribution in [2.45, 2.75) is 44.0 Å². The van der Waals surface area contributed by atoms with Gasteiger partial charge in [0.1, 0.15) is 0 Å². The Morgan fingerprint density at radius 1 is 1.36 bits per heavy atom. The minimum absolute atomic E-state index is 0. The average Bonchev–Trinajstić information content (AvgIpc) is 2.67. The summed E-state index contributed by atoms with van der Waals surface area (Å²) in [6.07, 6.45) is 10.5. The number of aromatic nitrogens is 2. The standard InChI is InChI=1S/C10H15ClN2.ClH/c11-6-10-7-12-8-13(10)9-4-2-1-3-5-9;/h7-9H,1-6H2;1H. The molecule has 0 N–H and O–H groups in total. The molecule has 0 saturated heterocycles. The molecule has 1 aliphatic rings. The summed E-state index contributed by atoms with van der Waals surface area (Å²) in [4.78, 5) is 4.15. The Bertz CT molecular complexity index is 267. The average molecular weight is 235 g/mol. The number of rotatable bonds is 2. The van der Waals surface area contributed by atoms with Crippen molar-refractivity contribution in [1.82, 2.24) is 9.55 Å². The Morgan fingerprint density at radius 2 is 2.07 bits per heavy atom. The first-order valence-corrected chi connectivity index (χ1v) is 5.52. The summed E-state index contributed by atoms with van der Waals surface area (Å²) in [6, 6.07) is 0.657. The molecule has 4 heteroatoms. The van der Waals surface area contributed by atoms with E-state index in [1.807, 2.05) is 12.5 Å². The Labute approximate surface area is 96.1 Å². The Balaban J connectivity index is 0.000000980. The van der Waals surface area contributed by atoms with E-state index in [9.17, 15) is 0 Å². The van der Waals surface area contributed by atoms with Gasteiger partial charge in [0.2, 0.25) is 0 Å². The van der Waals surface area contributed by atoms with Crippen LogP contribution in [0.15, 0.2) is 12.5 Å². The molecule has 1 heterocycles. The Hall–Kier alpha value is -0.210. The van der Waals surface area contributed by atoms with Crippen LogP contribution in [0.3, 0.4) is 0 Å². The van der Waals surface area contributed by atoms with E-state index in [2.05, 4.69) is 9.55 Å². The van der Waals surface area contributed by atoms with Crippen molar-refractivity contribution in [2.75, 3.05) is 0 Å². The zero-order chi connectivity index (χ0) is 9.10. The second-order valence-electron chi connectivity index (χ2n) is 3.72. The molecule has 2 rings (SSSR count). The van der Waals surface area contributed by atoms with Gasteiger partial charge in [0.05, 0.1) is 17.9 Å². The molecule has 0 amide bonds. The maximum atomic E-state index is 5.83. The molecular formula is C10H16Cl2N2. The van der Waals surface area contributed by atoms with Gasteiger partial charge in [0.15, 0.2) is 0 Å². The van der Waals surface area contributed by atoms with Crippen molar-refractivity contribution in [3.05, 3.63) is 18.2 Å². The maximum Gasteiger partial charge on any atom is 0.0951 e. The van der Waals surface area contributed by atoms with Gasteiger partial charge in [-0.1, -0.05) is 19.3 Å². The molecule has 0 bridgehead atoms. The Kier molecular flexibility index (Phi) is 4.76. The molecule has 1 aromatic rings. The fourth-order valence-corrected chi connectivity index (χ4v) is 2.33. The van der Waals surface area contributed by atoms with E-state index in [0.717, 1.165) is 5.69 Å². The number of hydrogen-bond acceptors (Lipinski definition) is 1. The molecular weight excluding hydrogens is 219 g/mol. The van der Waals surface area contributed by atoms with Crippen LogP contribution in [0, 0.1) is 0 Å². The highest BCUT2D eigenvalue weighted by atomic mass is 35.5. The van der Waals surface area contributed by atoms with E-state index in [-0.39, 0.29) is 12.4 Å². The minimum Gasteiger partial charge on any atom is -0.330 e. The van der Waals surface area contributed by atoms with E-state index in [4.69, 9.17) is 11.6 Å². The topological polar surface area (TPSA) is 17.8 Å². The van der Waals surface area contributed by atoms with Crippen molar-refractivity contribution in [3.63, 3.8) is 0 Å². The Morgan fingerprint density at radius 3 is 2.71 bits per heavy atom. The van der Waals surface area contributed by atoms with Gasteiger partial charge in [-0.25, -0.2) is 4.98 Å². The van der Waals surface area contributed by atoms with Crippen LogP contribution in [0.5, 0.6) is 0 Å². The lowest BCUT2D eigenvalue weighted by Crippen LogP contribution is -2.13. The van der Waals surface area contributed by atoms with E-state index in [1.165, 1.54) is 32.1 Å². The first kappa shape index (κ1) is 11.9. The third-order valence-electron chi connectivity index (χ3n) is 2.85. The van der Waals surface area contributed by atoms with Crippen LogP contribution in [0.2, 0.25) is 0 Å². The quantitative estimate of drug-likeness (QED) is 0.717. The van der Waals surface area contributed by atoms with Crippen molar-refractivity contribution < 1.29 is 0 Å². The molecule has 0 atom stereocenters. The third kappa shape index (κ3) is 2.43. The van der Waals surface area contributed by atoms with Crippen LogP contribution in [0.1, 0.15) is 43.8 Å². The van der Waals surface area contributed by atoms with Crippen LogP contribution < -0.4 is 0 Å². The highest BCUT2D eigenvalue weighted by molar-refractivity contribution is 6.16. The fraction of sp³-hybridized carbons (Fsp3) is 0.700. The van der Waals surface area contributed by atoms with Crippen molar-refractivity contribution >= 4 is 24.0 Å². The van der Waals surface area contributed by atoms with Crippen LogP contribution in [-0.2, 0) is 5.88 Å². The molecule has 0 aromatic carbocycles. The molecule has 1 fully saturated rings. The van der Waals surface area contributed by atoms with Crippen LogP contribution in [0.25, 0.3) is 0 Å². The largest absolute Gasteiger partial charge is 0.330 e. The lowest BCUT2D eigenvalue weighted by atomic mass is 9.95. The fourth-order valence-electron chi connectivity index (χ4n) is 2.12. The van der Waals surface area contributed by atoms with Crippen molar-refractivity contribution in [3.8, 4) is 0 Å². The first-order valence-electron chi connectivity index (χ1n) is 4.98. The smallest absolute Gasteiger partial charge is 0.0951 e. The van der Waals surface area contributed by atoms with Gasteiger partial charge in [0.25, 0.3) is 0 Å². The van der Waals surface area contributed by atoms with Gasteiger partial charge in [-0.3, -0.25) is 0 Å². The predicted octanol–water partition coefficient (Wildman–Crippen LogP) is 3.55. The normalized spacial score (nSPS) is 17.8. The van der Waals surface area contributed by atoms with E-state index < -0.39 is 0 Å². The zero-order valence-corrected chi connectivity index (χ0v) is 9.73. The van der Waals surface area contributed by atoms with Gasteiger partial charge >= 0.3 is 0 Å². The number of hydrogen-bond donors (Lipinski definition) is 0. The molecule has 0 unspecified atom stereocenters. The van der Waals surface area contributed by atoms with Crippen LogP contribution in [-0.4, -0.2) is 9.55 Å². The summed E-state index contributed by atoms with van der Waals surface area (Å²) in [6.45, 7) is 0. The molecule has 1 saturated carbocycles. The molecule has 0 spiro atoms. The van der Waals surface area contributed by atoms with E-state index in [1.54, 1.807) is 0 Å². The second kappa shape index (κ2) is 5.62. The molecule has 80 valence electrons. The molecule has 1 aromatic heterocycles. The summed E-state index contributed by atoms with van der Waals surface area (Å²) >= 11 is 5.83. The lowest BCUT2D eigenvalue weighted by molar-refractivity contribution is 0.348. The van der Waals surface area contributed by atoms with Gasteiger partial charge < -0.3 is 4.57 Å². The monoisotopic (exact) mass is 234 g/mol. The first-order chi connectivity index (χ1) is 6.42. The maximum absolute atomic E-state index is 5.83. The van der Waals surface area contributed by atoms with Gasteiger partial charge in [-0.2, -0.15) is 0 Å².